The van der Waals surface area contributed by atoms with Gasteiger partial charge in [0.2, 0.25) is 0 Å². The highest BCUT2D eigenvalue weighted by Gasteiger charge is 2.30. The van der Waals surface area contributed by atoms with Crippen molar-refractivity contribution in [1.82, 2.24) is 10.2 Å². The number of aromatic nitrogens is 2. The van der Waals surface area contributed by atoms with Gasteiger partial charge < -0.3 is 14.4 Å². The molecule has 0 radical (unpaired) electrons. The molecule has 2 rings (SSSR count). The largest absolute Gasteiger partial charge is 0.467 e. The molecule has 1 aromatic rings. The maximum atomic E-state index is 11.8. The molecule has 1 fully saturated rings. The zero-order valence-electron chi connectivity index (χ0n) is 11.5. The van der Waals surface area contributed by atoms with Crippen LogP contribution >= 0.6 is 0 Å². The molecule has 0 N–H and O–H groups in total. The monoisotopic (exact) mass is 279 g/mol. The molecule has 0 spiro atoms. The van der Waals surface area contributed by atoms with Crippen molar-refractivity contribution < 1.29 is 19.1 Å². The maximum Gasteiger partial charge on any atom is 0.358 e. The van der Waals surface area contributed by atoms with Gasteiger partial charge in [0, 0.05) is 6.54 Å². The van der Waals surface area contributed by atoms with Gasteiger partial charge in [0.15, 0.2) is 11.5 Å². The molecule has 0 aromatic carbocycles. The molecule has 0 aliphatic carbocycles. The first-order valence-electron chi connectivity index (χ1n) is 6.44. The lowest BCUT2D eigenvalue weighted by Gasteiger charge is -2.34. The number of methoxy groups -OCH3 is 2. The SMILES string of the molecule is COC(=O)c1ccc(N2CCCCC2C(=O)OC)nn1. The van der Waals surface area contributed by atoms with Crippen molar-refractivity contribution >= 4 is 17.8 Å². The molecule has 0 saturated carbocycles. The molecular weight excluding hydrogens is 262 g/mol. The van der Waals surface area contributed by atoms with Crippen LogP contribution in [0.25, 0.3) is 0 Å². The number of ether oxygens (including phenoxy) is 2. The molecular formula is C13H17N3O4. The van der Waals surface area contributed by atoms with E-state index >= 15 is 0 Å². The number of nitrogens with zero attached hydrogens (tertiary/aromatic N) is 3. The van der Waals surface area contributed by atoms with E-state index in [1.165, 1.54) is 20.3 Å². The van der Waals surface area contributed by atoms with Crippen molar-refractivity contribution in [2.45, 2.75) is 25.3 Å². The average molecular weight is 279 g/mol. The van der Waals surface area contributed by atoms with Crippen molar-refractivity contribution in [3.05, 3.63) is 17.8 Å². The molecule has 1 aliphatic rings. The third-order valence-corrected chi connectivity index (χ3v) is 3.32. The number of rotatable bonds is 3. The molecule has 7 heteroatoms. The van der Waals surface area contributed by atoms with E-state index in [9.17, 15) is 9.59 Å². The summed E-state index contributed by atoms with van der Waals surface area (Å²) in [4.78, 5) is 25.0. The molecule has 108 valence electrons. The second-order valence-corrected chi connectivity index (χ2v) is 4.50. The Kier molecular flexibility index (Phi) is 4.49. The van der Waals surface area contributed by atoms with Gasteiger partial charge in [-0.1, -0.05) is 0 Å². The molecule has 0 amide bonds. The molecule has 1 aromatic heterocycles. The minimum absolute atomic E-state index is 0.142. The number of hydrogen-bond acceptors (Lipinski definition) is 7. The Hall–Kier alpha value is -2.18. The predicted molar refractivity (Wildman–Crippen MR) is 70.4 cm³/mol. The van der Waals surface area contributed by atoms with Gasteiger partial charge in [-0.05, 0) is 31.4 Å². The highest BCUT2D eigenvalue weighted by atomic mass is 16.5. The Morgan fingerprint density at radius 2 is 2.00 bits per heavy atom. The zero-order valence-corrected chi connectivity index (χ0v) is 11.5. The van der Waals surface area contributed by atoms with Crippen molar-refractivity contribution in [2.75, 3.05) is 25.7 Å². The second-order valence-electron chi connectivity index (χ2n) is 4.50. The molecule has 7 nitrogen and oxygen atoms in total. The fourth-order valence-electron chi connectivity index (χ4n) is 2.28. The molecule has 0 bridgehead atoms. The first kappa shape index (κ1) is 14.2. The highest BCUT2D eigenvalue weighted by molar-refractivity contribution is 5.87. The summed E-state index contributed by atoms with van der Waals surface area (Å²) < 4.78 is 9.39. The zero-order chi connectivity index (χ0) is 14.5. The predicted octanol–water partition coefficient (Wildman–Crippen LogP) is 0.795. The Morgan fingerprint density at radius 1 is 1.20 bits per heavy atom. The molecule has 1 saturated heterocycles. The van der Waals surface area contributed by atoms with Gasteiger partial charge in [0.1, 0.15) is 6.04 Å². The lowest BCUT2D eigenvalue weighted by atomic mass is 10.0. The summed E-state index contributed by atoms with van der Waals surface area (Å²) in [6, 6.07) is 2.87. The quantitative estimate of drug-likeness (QED) is 0.757. The first-order valence-corrected chi connectivity index (χ1v) is 6.44. The van der Waals surface area contributed by atoms with E-state index in [0.717, 1.165) is 19.3 Å². The molecule has 2 heterocycles. The van der Waals surface area contributed by atoms with Crippen LogP contribution in [-0.2, 0) is 14.3 Å². The lowest BCUT2D eigenvalue weighted by Crippen LogP contribution is -2.45. The molecule has 20 heavy (non-hydrogen) atoms. The smallest absolute Gasteiger partial charge is 0.358 e. The Labute approximate surface area is 116 Å². The summed E-state index contributed by atoms with van der Waals surface area (Å²) in [5.74, 6) is -0.247. The summed E-state index contributed by atoms with van der Waals surface area (Å²) in [5.41, 5.74) is 0.142. The van der Waals surface area contributed by atoms with E-state index in [4.69, 9.17) is 4.74 Å². The van der Waals surface area contributed by atoms with Crippen LogP contribution in [0.2, 0.25) is 0 Å². The maximum absolute atomic E-state index is 11.8. The number of carbonyl (C=O) groups is 2. The van der Waals surface area contributed by atoms with Gasteiger partial charge in [-0.3, -0.25) is 0 Å². The summed E-state index contributed by atoms with van der Waals surface area (Å²) in [7, 11) is 2.66. The van der Waals surface area contributed by atoms with E-state index < -0.39 is 5.97 Å². The van der Waals surface area contributed by atoms with Crippen LogP contribution in [0.5, 0.6) is 0 Å². The van der Waals surface area contributed by atoms with Crippen molar-refractivity contribution in [1.29, 1.82) is 0 Å². The van der Waals surface area contributed by atoms with E-state index in [0.29, 0.717) is 12.4 Å². The first-order chi connectivity index (χ1) is 9.67. The van der Waals surface area contributed by atoms with E-state index in [2.05, 4.69) is 14.9 Å². The minimum atomic E-state index is -0.535. The summed E-state index contributed by atoms with van der Waals surface area (Å²) >= 11 is 0. The average Bonchev–Trinajstić information content (AvgIpc) is 2.53. The summed E-state index contributed by atoms with van der Waals surface area (Å²) in [6.07, 6.45) is 2.69. The van der Waals surface area contributed by atoms with Gasteiger partial charge in [-0.15, -0.1) is 10.2 Å². The molecule has 1 unspecified atom stereocenters. The van der Waals surface area contributed by atoms with Gasteiger partial charge >= 0.3 is 11.9 Å². The van der Waals surface area contributed by atoms with Crippen molar-refractivity contribution in [2.24, 2.45) is 0 Å². The van der Waals surface area contributed by atoms with Gasteiger partial charge in [-0.2, -0.15) is 0 Å². The van der Waals surface area contributed by atoms with E-state index in [1.54, 1.807) is 6.07 Å². The fraction of sp³-hybridized carbons (Fsp3) is 0.538. The van der Waals surface area contributed by atoms with Crippen molar-refractivity contribution in [3.8, 4) is 0 Å². The fourth-order valence-corrected chi connectivity index (χ4v) is 2.28. The van der Waals surface area contributed by atoms with Crippen LogP contribution in [0.15, 0.2) is 12.1 Å². The van der Waals surface area contributed by atoms with Crippen LogP contribution < -0.4 is 4.90 Å². The topological polar surface area (TPSA) is 81.6 Å². The van der Waals surface area contributed by atoms with Gasteiger partial charge in [0.05, 0.1) is 14.2 Å². The highest BCUT2D eigenvalue weighted by Crippen LogP contribution is 2.23. The number of hydrogen-bond donors (Lipinski definition) is 0. The van der Waals surface area contributed by atoms with Crippen LogP contribution in [0.4, 0.5) is 5.82 Å². The van der Waals surface area contributed by atoms with E-state index in [-0.39, 0.29) is 17.7 Å². The van der Waals surface area contributed by atoms with Crippen LogP contribution in [-0.4, -0.2) is 48.9 Å². The minimum Gasteiger partial charge on any atom is -0.467 e. The summed E-state index contributed by atoms with van der Waals surface area (Å²) in [6.45, 7) is 0.714. The van der Waals surface area contributed by atoms with Gasteiger partial charge in [0.25, 0.3) is 0 Å². The Balaban J connectivity index is 2.20. The van der Waals surface area contributed by atoms with Crippen LogP contribution in [0.3, 0.4) is 0 Å². The number of carbonyl (C=O) groups excluding carboxylic acids is 2. The molecule has 1 atom stereocenters. The summed E-state index contributed by atoms with van der Waals surface area (Å²) in [5, 5.41) is 7.83. The Bertz CT molecular complexity index is 489. The van der Waals surface area contributed by atoms with Crippen LogP contribution in [0.1, 0.15) is 29.8 Å². The third-order valence-electron chi connectivity index (χ3n) is 3.32. The van der Waals surface area contributed by atoms with Gasteiger partial charge in [-0.25, -0.2) is 9.59 Å². The number of esters is 2. The lowest BCUT2D eigenvalue weighted by molar-refractivity contribution is -0.142. The third kappa shape index (κ3) is 2.87. The normalized spacial score (nSPS) is 18.5. The standard InChI is InChI=1S/C13H17N3O4/c1-19-12(17)9-6-7-11(15-14-9)16-8-4-3-5-10(16)13(18)20-2/h6-7,10H,3-5,8H2,1-2H3. The number of anilines is 1. The van der Waals surface area contributed by atoms with Crippen LogP contribution in [0, 0.1) is 0 Å². The second kappa shape index (κ2) is 6.31. The number of piperidine rings is 1. The van der Waals surface area contributed by atoms with Crippen molar-refractivity contribution in [3.63, 3.8) is 0 Å². The molecule has 1 aliphatic heterocycles. The van der Waals surface area contributed by atoms with E-state index in [1.807, 2.05) is 4.90 Å². The Morgan fingerprint density at radius 3 is 2.60 bits per heavy atom.